The molecule has 1 aromatic heterocycles. The van der Waals surface area contributed by atoms with E-state index in [1.807, 2.05) is 49.5 Å². The van der Waals surface area contributed by atoms with Crippen molar-refractivity contribution in [3.8, 4) is 0 Å². The lowest BCUT2D eigenvalue weighted by Crippen LogP contribution is -3.16. The first-order chi connectivity index (χ1) is 13.5. The lowest BCUT2D eigenvalue weighted by atomic mass is 10.2. The fourth-order valence-corrected chi connectivity index (χ4v) is 3.31. The molecule has 3 rings (SSSR count). The SMILES string of the molecule is Cc1ccc(NC(=O)CN(C)C(=O)C[NH+]2CCN(c3cccc[nH+]3)CC2)cc1. The zero-order valence-electron chi connectivity index (χ0n) is 16.6. The molecular weight excluding hydrogens is 354 g/mol. The third-order valence-corrected chi connectivity index (χ3v) is 5.05. The molecule has 1 aliphatic heterocycles. The molecule has 1 saturated heterocycles. The van der Waals surface area contributed by atoms with Crippen molar-refractivity contribution in [3.63, 3.8) is 0 Å². The van der Waals surface area contributed by atoms with Crippen LogP contribution in [-0.2, 0) is 9.59 Å². The van der Waals surface area contributed by atoms with Gasteiger partial charge >= 0.3 is 0 Å². The maximum atomic E-state index is 12.5. The molecule has 148 valence electrons. The second-order valence-corrected chi connectivity index (χ2v) is 7.33. The van der Waals surface area contributed by atoms with Gasteiger partial charge in [-0.25, -0.2) is 4.98 Å². The van der Waals surface area contributed by atoms with Crippen molar-refractivity contribution in [2.24, 2.45) is 0 Å². The molecule has 0 saturated carbocycles. The van der Waals surface area contributed by atoms with Crippen molar-refractivity contribution in [1.82, 2.24) is 4.90 Å². The van der Waals surface area contributed by atoms with Crippen molar-refractivity contribution >= 4 is 23.3 Å². The van der Waals surface area contributed by atoms with E-state index in [2.05, 4.69) is 21.3 Å². The highest BCUT2D eigenvalue weighted by molar-refractivity contribution is 5.94. The standard InChI is InChI=1S/C21H27N5O2/c1-17-6-8-18(9-7-17)23-20(27)15-24(2)21(28)16-25-11-13-26(14-12-25)19-5-3-4-10-22-19/h3-10H,11-16H2,1-2H3,(H,23,27)/p+2. The number of hydrogen-bond donors (Lipinski definition) is 2. The van der Waals surface area contributed by atoms with Crippen LogP contribution in [0.1, 0.15) is 5.56 Å². The highest BCUT2D eigenvalue weighted by atomic mass is 16.2. The second kappa shape index (κ2) is 9.32. The Labute approximate surface area is 166 Å². The van der Waals surface area contributed by atoms with Crippen LogP contribution >= 0.6 is 0 Å². The van der Waals surface area contributed by atoms with Gasteiger partial charge in [0, 0.05) is 18.8 Å². The van der Waals surface area contributed by atoms with Gasteiger partial charge in [-0.1, -0.05) is 23.8 Å². The Morgan fingerprint density at radius 3 is 2.50 bits per heavy atom. The minimum atomic E-state index is -0.181. The predicted molar refractivity (Wildman–Crippen MR) is 108 cm³/mol. The Morgan fingerprint density at radius 1 is 1.14 bits per heavy atom. The molecule has 1 fully saturated rings. The molecule has 0 spiro atoms. The van der Waals surface area contributed by atoms with Gasteiger partial charge in [0.05, 0.1) is 12.7 Å². The van der Waals surface area contributed by atoms with Gasteiger partial charge in [0.15, 0.2) is 6.54 Å². The molecule has 0 bridgehead atoms. The van der Waals surface area contributed by atoms with Gasteiger partial charge in [-0.05, 0) is 25.1 Å². The molecule has 0 aliphatic carbocycles. The average Bonchev–Trinajstić information content (AvgIpc) is 2.71. The van der Waals surface area contributed by atoms with E-state index in [0.717, 1.165) is 43.2 Å². The number of benzene rings is 1. The van der Waals surface area contributed by atoms with Crippen LogP contribution in [0.3, 0.4) is 0 Å². The molecule has 0 atom stereocenters. The number of carbonyl (C=O) groups is 2. The quantitative estimate of drug-likeness (QED) is 0.714. The third kappa shape index (κ3) is 5.53. The first-order valence-electron chi connectivity index (χ1n) is 9.67. The lowest BCUT2D eigenvalue weighted by molar-refractivity contribution is -0.892. The fraction of sp³-hybridized carbons (Fsp3) is 0.381. The van der Waals surface area contributed by atoms with E-state index >= 15 is 0 Å². The second-order valence-electron chi connectivity index (χ2n) is 7.33. The summed E-state index contributed by atoms with van der Waals surface area (Å²) in [4.78, 5) is 33.0. The van der Waals surface area contributed by atoms with E-state index in [4.69, 9.17) is 0 Å². The third-order valence-electron chi connectivity index (χ3n) is 5.05. The largest absolute Gasteiger partial charge is 0.332 e. The fourth-order valence-electron chi connectivity index (χ4n) is 3.31. The van der Waals surface area contributed by atoms with Crippen LogP contribution in [0, 0.1) is 6.92 Å². The maximum absolute atomic E-state index is 12.5. The summed E-state index contributed by atoms with van der Waals surface area (Å²) in [6.45, 7) is 6.08. The number of anilines is 2. The molecule has 2 amide bonds. The topological polar surface area (TPSA) is 71.2 Å². The summed E-state index contributed by atoms with van der Waals surface area (Å²) in [5, 5.41) is 2.83. The van der Waals surface area contributed by atoms with Crippen molar-refractivity contribution in [2.45, 2.75) is 6.92 Å². The van der Waals surface area contributed by atoms with E-state index in [-0.39, 0.29) is 18.4 Å². The van der Waals surface area contributed by atoms with Crippen LogP contribution in [0.2, 0.25) is 0 Å². The van der Waals surface area contributed by atoms with Gasteiger partial charge < -0.3 is 15.1 Å². The van der Waals surface area contributed by atoms with Gasteiger partial charge in [0.25, 0.3) is 11.7 Å². The summed E-state index contributed by atoms with van der Waals surface area (Å²) in [5.74, 6) is 0.922. The number of quaternary nitrogens is 1. The number of piperazine rings is 1. The number of likely N-dealkylation sites (N-methyl/N-ethyl adjacent to an activating group) is 1. The van der Waals surface area contributed by atoms with Gasteiger partial charge in [-0.15, -0.1) is 0 Å². The molecule has 0 unspecified atom stereocenters. The van der Waals surface area contributed by atoms with E-state index in [9.17, 15) is 9.59 Å². The summed E-state index contributed by atoms with van der Waals surface area (Å²) in [5.41, 5.74) is 1.88. The summed E-state index contributed by atoms with van der Waals surface area (Å²) < 4.78 is 0. The van der Waals surface area contributed by atoms with Crippen molar-refractivity contribution in [1.29, 1.82) is 0 Å². The lowest BCUT2D eigenvalue weighted by Gasteiger charge is -2.29. The maximum Gasteiger partial charge on any atom is 0.277 e. The molecule has 2 heterocycles. The number of aromatic nitrogens is 1. The van der Waals surface area contributed by atoms with Gasteiger partial charge in [0.2, 0.25) is 5.91 Å². The smallest absolute Gasteiger partial charge is 0.277 e. The number of aryl methyl sites for hydroxylation is 1. The number of carbonyl (C=O) groups excluding carboxylic acids is 2. The summed E-state index contributed by atoms with van der Waals surface area (Å²) in [6, 6.07) is 13.7. The minimum Gasteiger partial charge on any atom is -0.332 e. The molecule has 2 aromatic rings. The molecule has 28 heavy (non-hydrogen) atoms. The number of nitrogens with zero attached hydrogens (tertiary/aromatic N) is 2. The summed E-state index contributed by atoms with van der Waals surface area (Å²) in [6.07, 6.45) is 1.93. The minimum absolute atomic E-state index is 0.00576. The van der Waals surface area contributed by atoms with Crippen LogP contribution in [0.15, 0.2) is 48.7 Å². The molecule has 1 aromatic carbocycles. The molecule has 0 radical (unpaired) electrons. The first-order valence-corrected chi connectivity index (χ1v) is 9.67. The van der Waals surface area contributed by atoms with E-state index in [1.54, 1.807) is 7.05 Å². The number of hydrogen-bond acceptors (Lipinski definition) is 3. The molecule has 7 nitrogen and oxygen atoms in total. The molecular formula is C21H29N5O2+2. The number of nitrogens with one attached hydrogen (secondary N) is 3. The van der Waals surface area contributed by atoms with Gasteiger partial charge in [-0.3, -0.25) is 14.5 Å². The Morgan fingerprint density at radius 2 is 1.86 bits per heavy atom. The van der Waals surface area contributed by atoms with E-state index in [0.29, 0.717) is 6.54 Å². The van der Waals surface area contributed by atoms with E-state index < -0.39 is 0 Å². The predicted octanol–water partition coefficient (Wildman–Crippen LogP) is -0.389. The zero-order valence-corrected chi connectivity index (χ0v) is 16.6. The Bertz CT molecular complexity index is 786. The summed E-state index contributed by atoms with van der Waals surface area (Å²) >= 11 is 0. The van der Waals surface area contributed by atoms with Crippen LogP contribution in [-0.4, -0.2) is 63.0 Å². The van der Waals surface area contributed by atoms with Crippen molar-refractivity contribution in [3.05, 3.63) is 54.2 Å². The average molecular weight is 383 g/mol. The van der Waals surface area contributed by atoms with Gasteiger partial charge in [-0.2, -0.15) is 0 Å². The van der Waals surface area contributed by atoms with Crippen molar-refractivity contribution in [2.75, 3.05) is 56.5 Å². The Balaban J connectivity index is 1.42. The molecule has 7 heteroatoms. The van der Waals surface area contributed by atoms with Crippen molar-refractivity contribution < 1.29 is 19.5 Å². The molecule has 3 N–H and O–H groups in total. The summed E-state index contributed by atoms with van der Waals surface area (Å²) in [7, 11) is 1.69. The van der Waals surface area contributed by atoms with Crippen LogP contribution in [0.5, 0.6) is 0 Å². The first kappa shape index (κ1) is 19.8. The number of H-pyrrole nitrogens is 1. The number of pyridine rings is 1. The van der Waals surface area contributed by atoms with Crippen LogP contribution in [0.4, 0.5) is 11.5 Å². The zero-order chi connectivity index (χ0) is 19.9. The highest BCUT2D eigenvalue weighted by Crippen LogP contribution is 2.08. The molecule has 1 aliphatic rings. The van der Waals surface area contributed by atoms with Gasteiger partial charge in [0.1, 0.15) is 26.2 Å². The number of rotatable bonds is 6. The monoisotopic (exact) mass is 383 g/mol. The number of amides is 2. The van der Waals surface area contributed by atoms with Crippen LogP contribution in [0.25, 0.3) is 0 Å². The number of aromatic amines is 1. The Kier molecular flexibility index (Phi) is 6.60. The van der Waals surface area contributed by atoms with Crippen LogP contribution < -0.4 is 20.1 Å². The van der Waals surface area contributed by atoms with E-state index in [1.165, 1.54) is 9.80 Å². The Hall–Kier alpha value is -2.93. The highest BCUT2D eigenvalue weighted by Gasteiger charge is 2.28. The normalized spacial score (nSPS) is 14.6.